The third-order valence-electron chi connectivity index (χ3n) is 13.6. The number of amides is 5. The van der Waals surface area contributed by atoms with Gasteiger partial charge in [-0.3, -0.25) is 48.8 Å². The molecule has 0 aliphatic carbocycles. The Morgan fingerprint density at radius 3 is 2.30 bits per heavy atom. The number of carbonyl (C=O) groups excluding carboxylic acids is 5. The van der Waals surface area contributed by atoms with Crippen molar-refractivity contribution in [2.24, 2.45) is 11.8 Å². The van der Waals surface area contributed by atoms with Gasteiger partial charge in [-0.05, 0) is 88.1 Å². The molecule has 1 aromatic heterocycles. The quantitative estimate of drug-likeness (QED) is 0.254. The van der Waals surface area contributed by atoms with E-state index in [9.17, 15) is 28.8 Å². The second-order valence-electron chi connectivity index (χ2n) is 17.8. The number of piperidine rings is 3. The number of piperazine rings is 1. The minimum absolute atomic E-state index is 0.0572. The number of hydrogen-bond acceptors (Lipinski definition) is 13. The molecular weight excluding hydrogens is 832 g/mol. The normalized spacial score (nSPS) is 22.6. The van der Waals surface area contributed by atoms with Gasteiger partial charge in [-0.15, -0.1) is 0 Å². The Morgan fingerprint density at radius 2 is 1.56 bits per heavy atom. The molecule has 1 unspecified atom stereocenters. The van der Waals surface area contributed by atoms with Gasteiger partial charge in [0.15, 0.2) is 0 Å². The van der Waals surface area contributed by atoms with Gasteiger partial charge in [-0.25, -0.2) is 9.37 Å². The number of H-pyrrole nitrogens is 1. The predicted molar refractivity (Wildman–Crippen MR) is 233 cm³/mol. The summed E-state index contributed by atoms with van der Waals surface area (Å²) in [4.78, 5) is 93.9. The van der Waals surface area contributed by atoms with Gasteiger partial charge in [0, 0.05) is 88.5 Å². The van der Waals surface area contributed by atoms with Crippen LogP contribution in [0.4, 0.5) is 10.1 Å². The van der Waals surface area contributed by atoms with Crippen molar-refractivity contribution >= 4 is 57.9 Å². The van der Waals surface area contributed by atoms with E-state index < -0.39 is 41.0 Å². The van der Waals surface area contributed by atoms with E-state index in [4.69, 9.17) is 9.47 Å². The van der Waals surface area contributed by atoms with Crippen molar-refractivity contribution < 1.29 is 37.8 Å². The van der Waals surface area contributed by atoms with E-state index in [1.54, 1.807) is 30.0 Å². The van der Waals surface area contributed by atoms with Gasteiger partial charge >= 0.3 is 0 Å². The van der Waals surface area contributed by atoms with Gasteiger partial charge in [0.25, 0.3) is 17.4 Å². The highest BCUT2D eigenvalue weighted by atomic mass is 32.2. The number of rotatable bonds is 12. The maximum Gasteiger partial charge on any atom is 0.262 e. The van der Waals surface area contributed by atoms with E-state index in [1.807, 2.05) is 11.0 Å². The van der Waals surface area contributed by atoms with E-state index in [0.717, 1.165) is 121 Å². The zero-order valence-electron chi connectivity index (χ0n) is 35.5. The van der Waals surface area contributed by atoms with E-state index in [1.165, 1.54) is 6.07 Å². The number of carbonyl (C=O) groups is 5. The Kier molecular flexibility index (Phi) is 13.1. The second kappa shape index (κ2) is 19.1. The summed E-state index contributed by atoms with van der Waals surface area (Å²) in [6.45, 7) is 9.65. The number of likely N-dealkylation sites (tertiary alicyclic amines) is 2. The number of nitrogens with zero attached hydrogens (tertiary/aromatic N) is 6. The largest absolute Gasteiger partial charge is 0.493 e. The Balaban J connectivity index is 0.677. The Bertz CT molecular complexity index is 2300. The average molecular weight is 887 g/mol. The van der Waals surface area contributed by atoms with Crippen LogP contribution in [0.1, 0.15) is 77.9 Å². The van der Waals surface area contributed by atoms with Crippen molar-refractivity contribution in [1.29, 1.82) is 0 Å². The first-order valence-electron chi connectivity index (χ1n) is 22.4. The summed E-state index contributed by atoms with van der Waals surface area (Å²) in [7, 11) is 0. The van der Waals surface area contributed by atoms with Crippen LogP contribution in [0.15, 0.2) is 35.1 Å². The van der Waals surface area contributed by atoms with Gasteiger partial charge < -0.3 is 24.3 Å². The fourth-order valence-corrected chi connectivity index (χ4v) is 10.9. The smallest absolute Gasteiger partial charge is 0.262 e. The van der Waals surface area contributed by atoms with Crippen LogP contribution < -0.4 is 20.5 Å². The second-order valence-corrected chi connectivity index (χ2v) is 19.0. The van der Waals surface area contributed by atoms with Crippen molar-refractivity contribution in [2.45, 2.75) is 68.4 Å². The molecule has 7 heterocycles. The average Bonchev–Trinajstić information content (AvgIpc) is 3.53. The summed E-state index contributed by atoms with van der Waals surface area (Å²) < 4.78 is 26.6. The van der Waals surface area contributed by atoms with E-state index in [2.05, 4.69) is 30.0 Å². The van der Waals surface area contributed by atoms with Crippen molar-refractivity contribution in [3.05, 3.63) is 63.5 Å². The molecule has 2 N–H and O–H groups in total. The SMILES string of the molecule is O=C1CCC(N2C(=O)c3ccc(N4CCN(CC5CCN(C(=O)CN6CCC(COc7cc(F)c8c(=O)[nH]c(CSC9CCOCC9)nc8c7)CC6)CC5)CC4)cc3C2=O)C(=O)N1. The number of imide groups is 2. The molecule has 5 amide bonds. The van der Waals surface area contributed by atoms with Crippen LogP contribution in [-0.4, -0.2) is 156 Å². The van der Waals surface area contributed by atoms with Crippen LogP contribution in [-0.2, 0) is 24.9 Å². The Labute approximate surface area is 369 Å². The van der Waals surface area contributed by atoms with E-state index >= 15 is 4.39 Å². The van der Waals surface area contributed by atoms with Crippen LogP contribution in [0.3, 0.4) is 0 Å². The maximum atomic E-state index is 15.1. The van der Waals surface area contributed by atoms with Gasteiger partial charge in [0.1, 0.15) is 28.8 Å². The summed E-state index contributed by atoms with van der Waals surface area (Å²) in [6.07, 6.45) is 5.81. The highest BCUT2D eigenvalue weighted by molar-refractivity contribution is 7.99. The minimum atomic E-state index is -0.984. The van der Waals surface area contributed by atoms with Gasteiger partial charge in [0.2, 0.25) is 17.7 Å². The van der Waals surface area contributed by atoms with Crippen LogP contribution >= 0.6 is 11.8 Å². The number of thioether (sulfide) groups is 1. The Hall–Kier alpha value is -4.91. The van der Waals surface area contributed by atoms with Crippen LogP contribution in [0.2, 0.25) is 0 Å². The molecule has 18 heteroatoms. The maximum absolute atomic E-state index is 15.1. The zero-order chi connectivity index (χ0) is 43.6. The number of halogens is 1. The Morgan fingerprint density at radius 1 is 0.825 bits per heavy atom. The lowest BCUT2D eigenvalue weighted by molar-refractivity contribution is -0.136. The molecule has 1 atom stereocenters. The molecule has 5 fully saturated rings. The number of aromatic amines is 1. The molecule has 5 saturated heterocycles. The molecular formula is C45H55FN8O8S. The molecule has 9 rings (SSSR count). The highest BCUT2D eigenvalue weighted by Gasteiger charge is 2.45. The van der Waals surface area contributed by atoms with Crippen molar-refractivity contribution in [2.75, 3.05) is 90.2 Å². The first-order chi connectivity index (χ1) is 30.6. The molecule has 0 radical (unpaired) electrons. The van der Waals surface area contributed by atoms with Gasteiger partial charge in [-0.1, -0.05) is 0 Å². The van der Waals surface area contributed by atoms with Crippen molar-refractivity contribution in [1.82, 2.24) is 34.9 Å². The summed E-state index contributed by atoms with van der Waals surface area (Å²) in [5.74, 6) is -0.280. The molecule has 16 nitrogen and oxygen atoms in total. The molecule has 2 aromatic carbocycles. The first-order valence-corrected chi connectivity index (χ1v) is 23.5. The zero-order valence-corrected chi connectivity index (χ0v) is 36.3. The molecule has 336 valence electrons. The lowest BCUT2D eigenvalue weighted by Gasteiger charge is -2.40. The molecule has 3 aromatic rings. The molecule has 0 bridgehead atoms. The van der Waals surface area contributed by atoms with E-state index in [0.29, 0.717) is 52.7 Å². The van der Waals surface area contributed by atoms with Crippen molar-refractivity contribution in [3.63, 3.8) is 0 Å². The number of fused-ring (bicyclic) bond motifs is 2. The number of ether oxygens (including phenoxy) is 2. The summed E-state index contributed by atoms with van der Waals surface area (Å²) in [5, 5.41) is 2.63. The lowest BCUT2D eigenvalue weighted by atomic mass is 9.95. The fraction of sp³-hybridized carbons (Fsp3) is 0.578. The molecule has 0 saturated carbocycles. The minimum Gasteiger partial charge on any atom is -0.493 e. The highest BCUT2D eigenvalue weighted by Crippen LogP contribution is 2.32. The molecule has 0 spiro atoms. The number of benzene rings is 2. The monoisotopic (exact) mass is 886 g/mol. The summed E-state index contributed by atoms with van der Waals surface area (Å²) in [6, 6.07) is 7.22. The number of anilines is 1. The van der Waals surface area contributed by atoms with Crippen LogP contribution in [0.5, 0.6) is 5.75 Å². The van der Waals surface area contributed by atoms with E-state index in [-0.39, 0.29) is 35.6 Å². The molecule has 6 aliphatic rings. The summed E-state index contributed by atoms with van der Waals surface area (Å²) >= 11 is 1.73. The van der Waals surface area contributed by atoms with Gasteiger partial charge in [0.05, 0.1) is 35.5 Å². The fourth-order valence-electron chi connectivity index (χ4n) is 9.83. The number of aromatic nitrogens is 2. The molecule has 6 aliphatic heterocycles. The molecule has 63 heavy (non-hydrogen) atoms. The topological polar surface area (TPSA) is 178 Å². The van der Waals surface area contributed by atoms with Gasteiger partial charge in [-0.2, -0.15) is 11.8 Å². The van der Waals surface area contributed by atoms with Crippen LogP contribution in [0.25, 0.3) is 10.9 Å². The third-order valence-corrected chi connectivity index (χ3v) is 15.0. The van der Waals surface area contributed by atoms with Crippen LogP contribution in [0, 0.1) is 17.7 Å². The third kappa shape index (κ3) is 9.78. The first kappa shape index (κ1) is 43.3. The van der Waals surface area contributed by atoms with Crippen molar-refractivity contribution in [3.8, 4) is 5.75 Å². The predicted octanol–water partition coefficient (Wildman–Crippen LogP) is 3.03. The number of hydrogen-bond donors (Lipinski definition) is 2. The lowest BCUT2D eigenvalue weighted by Crippen LogP contribution is -2.54. The standard InChI is InChI=1S/C45H55FN8O8S/c46-35-22-31(23-36-41(35)43(58)48-38(47-36)27-63-32-9-19-61-20-10-32)62-26-29-5-11-50(12-6-29)25-40(56)53-13-7-28(8-14-53)24-51-15-17-52(18-16-51)30-1-2-33-34(21-30)45(60)54(44(33)59)37-3-4-39(55)49-42(37)57/h1-2,21-23,28-29,32,37H,3-20,24-27H2,(H,47,48,58)(H,49,55,57). The number of nitrogens with one attached hydrogen (secondary N) is 2. The summed E-state index contributed by atoms with van der Waals surface area (Å²) in [5.41, 5.74) is 1.25.